The van der Waals surface area contributed by atoms with E-state index in [1.54, 1.807) is 4.90 Å². The second-order valence-electron chi connectivity index (χ2n) is 5.20. The molecule has 2 nitrogen and oxygen atoms in total. The van der Waals surface area contributed by atoms with Gasteiger partial charge in [0.25, 0.3) is 5.91 Å². The third kappa shape index (κ3) is 3.78. The number of likely N-dealkylation sites (tertiary alicyclic amines) is 1. The molecule has 2 rings (SSSR count). The molecule has 1 aromatic rings. The Morgan fingerprint density at radius 1 is 1.24 bits per heavy atom. The summed E-state index contributed by atoms with van der Waals surface area (Å²) in [6, 6.07) is 4.98. The molecule has 1 unspecified atom stereocenters. The van der Waals surface area contributed by atoms with Crippen molar-refractivity contribution in [2.75, 3.05) is 11.9 Å². The molecule has 116 valence electrons. The number of amides is 1. The molecule has 1 aliphatic rings. The highest BCUT2D eigenvalue weighted by Crippen LogP contribution is 2.33. The Morgan fingerprint density at radius 2 is 1.95 bits per heavy atom. The Bertz CT molecular complexity index is 504. The van der Waals surface area contributed by atoms with Crippen molar-refractivity contribution in [2.45, 2.75) is 37.9 Å². The van der Waals surface area contributed by atoms with Crippen molar-refractivity contribution < 1.29 is 18.0 Å². The molecule has 1 amide bonds. The van der Waals surface area contributed by atoms with E-state index < -0.39 is 17.6 Å². The van der Waals surface area contributed by atoms with Crippen LogP contribution in [0.5, 0.6) is 0 Å². The van der Waals surface area contributed by atoms with Crippen molar-refractivity contribution in [1.29, 1.82) is 0 Å². The van der Waals surface area contributed by atoms with Crippen LogP contribution < -0.4 is 0 Å². The van der Waals surface area contributed by atoms with Gasteiger partial charge in [0.15, 0.2) is 0 Å². The van der Waals surface area contributed by atoms with Gasteiger partial charge in [-0.3, -0.25) is 4.79 Å². The van der Waals surface area contributed by atoms with Crippen LogP contribution in [0.4, 0.5) is 13.2 Å². The standard InChI is InChI=1S/C15H17BrF3NO/c16-10-11-6-2-1-5-9-20(11)14(21)12-7-3-4-8-13(12)15(17,18)19/h3-4,7-8,11H,1-2,5-6,9-10H2. The average molecular weight is 364 g/mol. The van der Waals surface area contributed by atoms with E-state index in [2.05, 4.69) is 15.9 Å². The molecule has 0 aliphatic carbocycles. The maximum atomic E-state index is 13.1. The summed E-state index contributed by atoms with van der Waals surface area (Å²) < 4.78 is 39.2. The Hall–Kier alpha value is -1.04. The molecule has 1 fully saturated rings. The van der Waals surface area contributed by atoms with E-state index in [0.717, 1.165) is 31.7 Å². The number of hydrogen-bond donors (Lipinski definition) is 0. The maximum Gasteiger partial charge on any atom is 0.417 e. The van der Waals surface area contributed by atoms with Crippen LogP contribution in [0.2, 0.25) is 0 Å². The third-order valence-electron chi connectivity index (χ3n) is 3.78. The molecular weight excluding hydrogens is 347 g/mol. The molecule has 21 heavy (non-hydrogen) atoms. The van der Waals surface area contributed by atoms with Crippen molar-refractivity contribution in [3.63, 3.8) is 0 Å². The molecule has 0 saturated carbocycles. The van der Waals surface area contributed by atoms with Gasteiger partial charge in [-0.2, -0.15) is 13.2 Å². The van der Waals surface area contributed by atoms with Crippen molar-refractivity contribution in [3.8, 4) is 0 Å². The van der Waals surface area contributed by atoms with Gasteiger partial charge in [-0.25, -0.2) is 0 Å². The van der Waals surface area contributed by atoms with Crippen LogP contribution in [-0.2, 0) is 6.18 Å². The lowest BCUT2D eigenvalue weighted by molar-refractivity contribution is -0.138. The van der Waals surface area contributed by atoms with Gasteiger partial charge < -0.3 is 4.90 Å². The first kappa shape index (κ1) is 16.3. The van der Waals surface area contributed by atoms with Gasteiger partial charge in [0, 0.05) is 17.9 Å². The minimum absolute atomic E-state index is 0.0405. The molecule has 0 aromatic heterocycles. The molecule has 1 aliphatic heterocycles. The molecule has 0 radical (unpaired) electrons. The fourth-order valence-electron chi connectivity index (χ4n) is 2.68. The summed E-state index contributed by atoms with van der Waals surface area (Å²) in [5, 5.41) is 0.590. The van der Waals surface area contributed by atoms with E-state index in [4.69, 9.17) is 0 Å². The highest BCUT2D eigenvalue weighted by Gasteiger charge is 2.37. The van der Waals surface area contributed by atoms with Gasteiger partial charge >= 0.3 is 6.18 Å². The molecular formula is C15H17BrF3NO. The van der Waals surface area contributed by atoms with Gasteiger partial charge in [0.1, 0.15) is 0 Å². The zero-order valence-electron chi connectivity index (χ0n) is 11.5. The van der Waals surface area contributed by atoms with E-state index in [0.29, 0.717) is 11.9 Å². The normalized spacial score (nSPS) is 20.2. The summed E-state index contributed by atoms with van der Waals surface area (Å²) in [5.74, 6) is -0.519. The quantitative estimate of drug-likeness (QED) is 0.709. The highest BCUT2D eigenvalue weighted by molar-refractivity contribution is 9.09. The van der Waals surface area contributed by atoms with Crippen molar-refractivity contribution in [3.05, 3.63) is 35.4 Å². The number of carbonyl (C=O) groups is 1. The lowest BCUT2D eigenvalue weighted by Crippen LogP contribution is -2.41. The predicted molar refractivity (Wildman–Crippen MR) is 78.5 cm³/mol. The SMILES string of the molecule is O=C(c1ccccc1C(F)(F)F)N1CCCCCC1CBr. The number of carbonyl (C=O) groups excluding carboxylic acids is 1. The van der Waals surface area contributed by atoms with Crippen LogP contribution >= 0.6 is 15.9 Å². The molecule has 0 spiro atoms. The van der Waals surface area contributed by atoms with Gasteiger partial charge in [-0.15, -0.1) is 0 Å². The monoisotopic (exact) mass is 363 g/mol. The Labute approximate surface area is 130 Å². The maximum absolute atomic E-state index is 13.1. The minimum Gasteiger partial charge on any atom is -0.335 e. The second kappa shape index (κ2) is 6.81. The summed E-state index contributed by atoms with van der Waals surface area (Å²) in [6.45, 7) is 0.515. The van der Waals surface area contributed by atoms with Gasteiger partial charge in [-0.1, -0.05) is 40.9 Å². The summed E-state index contributed by atoms with van der Waals surface area (Å²) in [5.41, 5.74) is -1.11. The number of hydrogen-bond acceptors (Lipinski definition) is 1. The summed E-state index contributed by atoms with van der Waals surface area (Å²) in [6.07, 6.45) is -0.842. The van der Waals surface area contributed by atoms with E-state index >= 15 is 0 Å². The number of benzene rings is 1. The lowest BCUT2D eigenvalue weighted by atomic mass is 10.0. The first-order valence-electron chi connectivity index (χ1n) is 6.98. The summed E-state index contributed by atoms with van der Waals surface area (Å²) >= 11 is 3.37. The van der Waals surface area contributed by atoms with E-state index in [9.17, 15) is 18.0 Å². The summed E-state index contributed by atoms with van der Waals surface area (Å²) in [4.78, 5) is 14.2. The third-order valence-corrected chi connectivity index (χ3v) is 4.53. The Morgan fingerprint density at radius 3 is 2.62 bits per heavy atom. The Balaban J connectivity index is 2.34. The van der Waals surface area contributed by atoms with Gasteiger partial charge in [0.2, 0.25) is 0 Å². The first-order chi connectivity index (χ1) is 9.95. The topological polar surface area (TPSA) is 20.3 Å². The number of alkyl halides is 4. The van der Waals surface area contributed by atoms with E-state index in [-0.39, 0.29) is 11.6 Å². The minimum atomic E-state index is -4.51. The molecule has 1 aromatic carbocycles. The summed E-state index contributed by atoms with van der Waals surface area (Å²) in [7, 11) is 0. The predicted octanol–water partition coefficient (Wildman–Crippen LogP) is 4.49. The molecule has 0 bridgehead atoms. The van der Waals surface area contributed by atoms with E-state index in [1.165, 1.54) is 18.2 Å². The fraction of sp³-hybridized carbons (Fsp3) is 0.533. The Kier molecular flexibility index (Phi) is 5.30. The zero-order chi connectivity index (χ0) is 15.5. The highest BCUT2D eigenvalue weighted by atomic mass is 79.9. The fourth-order valence-corrected chi connectivity index (χ4v) is 3.35. The van der Waals surface area contributed by atoms with Crippen LogP contribution in [0, 0.1) is 0 Å². The number of nitrogens with zero attached hydrogens (tertiary/aromatic N) is 1. The molecule has 1 atom stereocenters. The molecule has 0 N–H and O–H groups in total. The second-order valence-corrected chi connectivity index (χ2v) is 5.85. The lowest BCUT2D eigenvalue weighted by Gasteiger charge is -2.29. The van der Waals surface area contributed by atoms with Crippen LogP contribution in [0.3, 0.4) is 0 Å². The average Bonchev–Trinajstić information content (AvgIpc) is 2.70. The molecule has 6 heteroatoms. The smallest absolute Gasteiger partial charge is 0.335 e. The largest absolute Gasteiger partial charge is 0.417 e. The first-order valence-corrected chi connectivity index (χ1v) is 8.10. The van der Waals surface area contributed by atoms with Gasteiger partial charge in [-0.05, 0) is 25.0 Å². The van der Waals surface area contributed by atoms with Crippen LogP contribution in [-0.4, -0.2) is 28.7 Å². The van der Waals surface area contributed by atoms with Crippen molar-refractivity contribution in [1.82, 2.24) is 4.90 Å². The number of halogens is 4. The van der Waals surface area contributed by atoms with E-state index in [1.807, 2.05) is 0 Å². The molecule has 1 heterocycles. The zero-order valence-corrected chi connectivity index (χ0v) is 13.1. The molecule has 1 saturated heterocycles. The van der Waals surface area contributed by atoms with Crippen LogP contribution in [0.15, 0.2) is 24.3 Å². The van der Waals surface area contributed by atoms with Crippen molar-refractivity contribution in [2.24, 2.45) is 0 Å². The van der Waals surface area contributed by atoms with Gasteiger partial charge in [0.05, 0.1) is 11.1 Å². The number of rotatable bonds is 2. The van der Waals surface area contributed by atoms with Crippen LogP contribution in [0.1, 0.15) is 41.6 Å². The van der Waals surface area contributed by atoms with Crippen molar-refractivity contribution >= 4 is 21.8 Å². The van der Waals surface area contributed by atoms with Crippen LogP contribution in [0.25, 0.3) is 0 Å².